The van der Waals surface area contributed by atoms with Gasteiger partial charge in [-0.05, 0) is 13.3 Å². The van der Waals surface area contributed by atoms with Crippen LogP contribution < -0.4 is 0 Å². The highest BCUT2D eigenvalue weighted by atomic mass is 16.5. The molecule has 0 heterocycles. The van der Waals surface area contributed by atoms with E-state index in [1.54, 1.807) is 0 Å². The van der Waals surface area contributed by atoms with Gasteiger partial charge in [0.25, 0.3) is 0 Å². The van der Waals surface area contributed by atoms with E-state index in [1.165, 1.54) is 21.1 Å². The van der Waals surface area contributed by atoms with Crippen LogP contribution in [0.2, 0.25) is 0 Å². The van der Waals surface area contributed by atoms with Gasteiger partial charge in [-0.25, -0.2) is 0 Å². The number of ketones is 2. The van der Waals surface area contributed by atoms with Crippen LogP contribution in [0.4, 0.5) is 0 Å². The number of allylic oxidation sites excluding steroid dienone is 2. The Hall–Kier alpha value is -1.62. The van der Waals surface area contributed by atoms with Gasteiger partial charge in [-0.3, -0.25) is 9.59 Å². The topological polar surface area (TPSA) is 72.8 Å². The molecule has 0 aromatic rings. The summed E-state index contributed by atoms with van der Waals surface area (Å²) in [5.41, 5.74) is 0.585. The van der Waals surface area contributed by atoms with Gasteiger partial charge in [-0.2, -0.15) is 0 Å². The molecule has 1 rings (SSSR count). The molecule has 16 heavy (non-hydrogen) atoms. The number of carbonyl (C=O) groups excluding carboxylic acids is 2. The number of aliphatic hydroxyl groups excluding tert-OH is 1. The Morgan fingerprint density at radius 2 is 1.56 bits per heavy atom. The van der Waals surface area contributed by atoms with Crippen LogP contribution in [0, 0.1) is 0 Å². The molecule has 5 nitrogen and oxygen atoms in total. The number of Topliss-reactive ketones (excluding diaryl/α,β-unsaturated/α-hetero) is 2. The molecule has 0 saturated heterocycles. The van der Waals surface area contributed by atoms with Gasteiger partial charge >= 0.3 is 0 Å². The summed E-state index contributed by atoms with van der Waals surface area (Å²) < 4.78 is 9.73. The number of carbonyl (C=O) groups is 2. The van der Waals surface area contributed by atoms with Crippen molar-refractivity contribution in [2.75, 3.05) is 20.8 Å². The maximum Gasteiger partial charge on any atom is 0.228 e. The number of hydrogen-bond acceptors (Lipinski definition) is 5. The van der Waals surface area contributed by atoms with Crippen LogP contribution in [0.25, 0.3) is 0 Å². The average Bonchev–Trinajstić information content (AvgIpc) is 2.29. The van der Waals surface area contributed by atoms with Crippen molar-refractivity contribution in [3.05, 3.63) is 22.7 Å². The van der Waals surface area contributed by atoms with Crippen LogP contribution in [-0.4, -0.2) is 37.5 Å². The first-order valence-electron chi connectivity index (χ1n) is 4.80. The first kappa shape index (κ1) is 12.4. The second-order valence-corrected chi connectivity index (χ2v) is 3.30. The minimum Gasteiger partial charge on any atom is -0.489 e. The van der Waals surface area contributed by atoms with E-state index < -0.39 is 5.78 Å². The Bertz CT molecular complexity index is 389. The molecule has 5 heteroatoms. The zero-order chi connectivity index (χ0) is 12.3. The standard InChI is InChI=1S/C11H14O5/c1-6-7(4-5-12)9(14)11(16-3)10(15-2)8(6)13/h12H,4-5H2,1-3H3. The Kier molecular flexibility index (Phi) is 3.84. The molecule has 0 bridgehead atoms. The Labute approximate surface area is 93.3 Å². The molecule has 1 aliphatic rings. The molecule has 88 valence electrons. The minimum atomic E-state index is -0.398. The highest BCUT2D eigenvalue weighted by Gasteiger charge is 2.34. The summed E-state index contributed by atoms with van der Waals surface area (Å²) in [6.07, 6.45) is 0.139. The monoisotopic (exact) mass is 226 g/mol. The molecule has 0 saturated carbocycles. The van der Waals surface area contributed by atoms with Crippen molar-refractivity contribution in [3.63, 3.8) is 0 Å². The molecule has 0 spiro atoms. The SMILES string of the molecule is COC1=C(OC)C(=O)C(CCO)=C(C)C1=O. The summed E-state index contributed by atoms with van der Waals surface area (Å²) in [6.45, 7) is 1.35. The fraction of sp³-hybridized carbons (Fsp3) is 0.455. The van der Waals surface area contributed by atoms with Gasteiger partial charge in [0.1, 0.15) is 0 Å². The molecule has 0 aromatic carbocycles. The van der Waals surface area contributed by atoms with Crippen molar-refractivity contribution in [2.24, 2.45) is 0 Å². The van der Waals surface area contributed by atoms with E-state index in [0.717, 1.165) is 0 Å². The third-order valence-corrected chi connectivity index (χ3v) is 2.46. The molecule has 0 aromatic heterocycles. The van der Waals surface area contributed by atoms with Crippen molar-refractivity contribution in [2.45, 2.75) is 13.3 Å². The number of hydrogen-bond donors (Lipinski definition) is 1. The van der Waals surface area contributed by atoms with Gasteiger partial charge in [-0.1, -0.05) is 0 Å². The average molecular weight is 226 g/mol. The second kappa shape index (κ2) is 4.94. The Balaban J connectivity index is 3.25. The van der Waals surface area contributed by atoms with E-state index in [0.29, 0.717) is 5.57 Å². The largest absolute Gasteiger partial charge is 0.489 e. The van der Waals surface area contributed by atoms with E-state index >= 15 is 0 Å². The molecule has 0 atom stereocenters. The third kappa shape index (κ3) is 1.86. The smallest absolute Gasteiger partial charge is 0.228 e. The minimum absolute atomic E-state index is 0.0771. The molecular formula is C11H14O5. The van der Waals surface area contributed by atoms with Gasteiger partial charge in [0.05, 0.1) is 14.2 Å². The van der Waals surface area contributed by atoms with Crippen LogP contribution in [0.15, 0.2) is 22.7 Å². The van der Waals surface area contributed by atoms with Gasteiger partial charge < -0.3 is 14.6 Å². The summed E-state index contributed by atoms with van der Waals surface area (Å²) in [7, 11) is 2.61. The fourth-order valence-corrected chi connectivity index (χ4v) is 1.60. The van der Waals surface area contributed by atoms with Crippen molar-refractivity contribution in [3.8, 4) is 0 Å². The molecule has 0 fully saturated rings. The van der Waals surface area contributed by atoms with Crippen LogP contribution in [0.5, 0.6) is 0 Å². The lowest BCUT2D eigenvalue weighted by atomic mass is 9.91. The maximum atomic E-state index is 11.9. The predicted octanol–water partition coefficient (Wildman–Crippen LogP) is 0.341. The highest BCUT2D eigenvalue weighted by molar-refractivity contribution is 6.23. The molecule has 1 N–H and O–H groups in total. The summed E-state index contributed by atoms with van der Waals surface area (Å²) in [5.74, 6) is -0.943. The van der Waals surface area contributed by atoms with Crippen LogP contribution >= 0.6 is 0 Å². The Morgan fingerprint density at radius 3 is 2.00 bits per heavy atom. The lowest BCUT2D eigenvalue weighted by molar-refractivity contribution is -0.121. The zero-order valence-corrected chi connectivity index (χ0v) is 9.49. The number of ether oxygens (including phenoxy) is 2. The van der Waals surface area contributed by atoms with E-state index in [2.05, 4.69) is 0 Å². The summed E-state index contributed by atoms with van der Waals surface area (Å²) >= 11 is 0. The predicted molar refractivity (Wildman–Crippen MR) is 55.5 cm³/mol. The first-order valence-corrected chi connectivity index (χ1v) is 4.80. The van der Waals surface area contributed by atoms with E-state index in [1.807, 2.05) is 0 Å². The first-order chi connectivity index (χ1) is 7.58. The van der Waals surface area contributed by atoms with E-state index in [-0.39, 0.29) is 35.9 Å². The van der Waals surface area contributed by atoms with Crippen LogP contribution in [-0.2, 0) is 19.1 Å². The van der Waals surface area contributed by atoms with Crippen molar-refractivity contribution in [1.82, 2.24) is 0 Å². The van der Waals surface area contributed by atoms with Crippen molar-refractivity contribution < 1.29 is 24.2 Å². The van der Waals surface area contributed by atoms with Gasteiger partial charge in [0, 0.05) is 17.8 Å². The van der Waals surface area contributed by atoms with Crippen LogP contribution in [0.1, 0.15) is 13.3 Å². The second-order valence-electron chi connectivity index (χ2n) is 3.30. The molecule has 1 aliphatic carbocycles. The lowest BCUT2D eigenvalue weighted by Gasteiger charge is -2.19. The summed E-state index contributed by atoms with van der Waals surface area (Å²) in [6, 6.07) is 0. The fourth-order valence-electron chi connectivity index (χ4n) is 1.60. The van der Waals surface area contributed by atoms with E-state index in [9.17, 15) is 9.59 Å². The molecule has 0 amide bonds. The van der Waals surface area contributed by atoms with Gasteiger partial charge in [0.15, 0.2) is 0 Å². The molecule has 0 unspecified atom stereocenters. The lowest BCUT2D eigenvalue weighted by Crippen LogP contribution is -2.25. The molecular weight excluding hydrogens is 212 g/mol. The number of aliphatic hydroxyl groups is 1. The zero-order valence-electron chi connectivity index (χ0n) is 9.49. The highest BCUT2D eigenvalue weighted by Crippen LogP contribution is 2.26. The van der Waals surface area contributed by atoms with E-state index in [4.69, 9.17) is 14.6 Å². The van der Waals surface area contributed by atoms with Gasteiger partial charge in [0.2, 0.25) is 23.1 Å². The normalized spacial score (nSPS) is 17.0. The third-order valence-electron chi connectivity index (χ3n) is 2.46. The number of methoxy groups -OCH3 is 2. The number of rotatable bonds is 4. The van der Waals surface area contributed by atoms with Crippen LogP contribution in [0.3, 0.4) is 0 Å². The Morgan fingerprint density at radius 1 is 1.06 bits per heavy atom. The quantitative estimate of drug-likeness (QED) is 0.700. The van der Waals surface area contributed by atoms with Crippen molar-refractivity contribution >= 4 is 11.6 Å². The maximum absolute atomic E-state index is 11.9. The summed E-state index contributed by atoms with van der Waals surface area (Å²) in [4.78, 5) is 23.7. The summed E-state index contributed by atoms with van der Waals surface area (Å²) in [5, 5.41) is 8.84. The molecule has 0 radical (unpaired) electrons. The van der Waals surface area contributed by atoms with Crippen molar-refractivity contribution in [1.29, 1.82) is 0 Å². The van der Waals surface area contributed by atoms with Gasteiger partial charge in [-0.15, -0.1) is 0 Å². The molecule has 0 aliphatic heterocycles.